The first kappa shape index (κ1) is 19.8. The van der Waals surface area contributed by atoms with Crippen LogP contribution in [0.4, 0.5) is 0 Å². The second kappa shape index (κ2) is 9.79. The highest BCUT2D eigenvalue weighted by Crippen LogP contribution is 2.34. The van der Waals surface area contributed by atoms with Crippen molar-refractivity contribution in [3.05, 3.63) is 0 Å². The Balaban J connectivity index is 0.00000208. The summed E-state index contributed by atoms with van der Waals surface area (Å²) >= 11 is 0. The Morgan fingerprint density at radius 1 is 1.08 bits per heavy atom. The van der Waals surface area contributed by atoms with Crippen LogP contribution in [-0.4, -0.2) is 50.3 Å². The van der Waals surface area contributed by atoms with E-state index in [1.807, 2.05) is 0 Å². The van der Waals surface area contributed by atoms with E-state index in [-0.39, 0.29) is 35.8 Å². The molecule has 2 aliphatic heterocycles. The number of guanidine groups is 1. The fourth-order valence-corrected chi connectivity index (χ4v) is 4.04. The van der Waals surface area contributed by atoms with Crippen molar-refractivity contribution >= 4 is 35.8 Å². The lowest BCUT2D eigenvalue weighted by atomic mass is 9.89. The number of ether oxygens (including phenoxy) is 1. The minimum absolute atomic E-state index is 0. The number of hydrogen-bond acceptors (Lipinski definition) is 3. The van der Waals surface area contributed by atoms with E-state index < -0.39 is 0 Å². The number of halogens is 1. The molecule has 3 N–H and O–H groups in total. The van der Waals surface area contributed by atoms with Crippen LogP contribution >= 0.6 is 24.0 Å². The average molecular weight is 450 g/mol. The van der Waals surface area contributed by atoms with Gasteiger partial charge in [0.1, 0.15) is 0 Å². The molecule has 0 aromatic carbocycles. The maximum absolute atomic E-state index is 12.1. The van der Waals surface area contributed by atoms with E-state index in [0.29, 0.717) is 31.3 Å². The van der Waals surface area contributed by atoms with Crippen molar-refractivity contribution in [1.82, 2.24) is 16.0 Å². The predicted octanol–water partition coefficient (Wildman–Crippen LogP) is 1.79. The highest BCUT2D eigenvalue weighted by molar-refractivity contribution is 14.0. The van der Waals surface area contributed by atoms with Gasteiger partial charge in [0.15, 0.2) is 5.96 Å². The van der Waals surface area contributed by atoms with Crippen molar-refractivity contribution < 1.29 is 9.53 Å². The van der Waals surface area contributed by atoms with E-state index in [9.17, 15) is 4.79 Å². The molecule has 6 nitrogen and oxygen atoms in total. The van der Waals surface area contributed by atoms with Gasteiger partial charge in [-0.15, -0.1) is 24.0 Å². The number of carbonyl (C=O) groups excluding carboxylic acids is 1. The molecule has 2 saturated heterocycles. The second-order valence-corrected chi connectivity index (χ2v) is 6.99. The Bertz CT molecular complexity index is 440. The summed E-state index contributed by atoms with van der Waals surface area (Å²) in [7, 11) is 1.78. The first-order valence-corrected chi connectivity index (χ1v) is 9.16. The summed E-state index contributed by atoms with van der Waals surface area (Å²) in [6.45, 7) is 1.34. The largest absolute Gasteiger partial charge is 0.373 e. The fraction of sp³-hybridized carbons (Fsp3) is 0.882. The summed E-state index contributed by atoms with van der Waals surface area (Å²) in [4.78, 5) is 16.3. The van der Waals surface area contributed by atoms with Crippen molar-refractivity contribution in [1.29, 1.82) is 0 Å². The topological polar surface area (TPSA) is 74.8 Å². The van der Waals surface area contributed by atoms with Crippen LogP contribution in [0.25, 0.3) is 0 Å². The van der Waals surface area contributed by atoms with Gasteiger partial charge in [0.05, 0.1) is 18.2 Å². The molecule has 3 aliphatic rings. The van der Waals surface area contributed by atoms with Crippen LogP contribution in [0, 0.1) is 5.92 Å². The van der Waals surface area contributed by atoms with Crippen LogP contribution in [0.15, 0.2) is 4.99 Å². The number of aliphatic imine (C=N–C) groups is 1. The van der Waals surface area contributed by atoms with Crippen LogP contribution in [0.2, 0.25) is 0 Å². The third-order valence-corrected chi connectivity index (χ3v) is 5.34. The number of nitrogens with one attached hydrogen (secondary N) is 3. The van der Waals surface area contributed by atoms with Gasteiger partial charge in [-0.25, -0.2) is 0 Å². The Morgan fingerprint density at radius 2 is 1.83 bits per heavy atom. The van der Waals surface area contributed by atoms with E-state index in [4.69, 9.17) is 4.74 Å². The van der Waals surface area contributed by atoms with E-state index >= 15 is 0 Å². The minimum atomic E-state index is 0. The number of amides is 1. The molecule has 2 bridgehead atoms. The van der Waals surface area contributed by atoms with Crippen molar-refractivity contribution in [3.63, 3.8) is 0 Å². The molecule has 1 saturated carbocycles. The Kier molecular flexibility index (Phi) is 8.06. The number of rotatable bonds is 5. The SMILES string of the molecule is CN=C(NCCNC(=O)C1CCCCC1)NC1CC2CCC1O2.I. The van der Waals surface area contributed by atoms with E-state index in [0.717, 1.165) is 31.6 Å². The fourth-order valence-electron chi connectivity index (χ4n) is 4.04. The van der Waals surface area contributed by atoms with Gasteiger partial charge in [0, 0.05) is 26.1 Å². The maximum atomic E-state index is 12.1. The molecular weight excluding hydrogens is 419 g/mol. The molecule has 1 amide bonds. The molecule has 0 aromatic heterocycles. The van der Waals surface area contributed by atoms with Gasteiger partial charge in [-0.05, 0) is 32.1 Å². The first-order chi connectivity index (χ1) is 11.3. The third-order valence-electron chi connectivity index (χ3n) is 5.34. The van der Waals surface area contributed by atoms with Crippen LogP contribution < -0.4 is 16.0 Å². The van der Waals surface area contributed by atoms with Crippen LogP contribution in [0.5, 0.6) is 0 Å². The first-order valence-electron chi connectivity index (χ1n) is 9.16. The highest BCUT2D eigenvalue weighted by atomic mass is 127. The van der Waals surface area contributed by atoms with E-state index in [1.54, 1.807) is 7.05 Å². The average Bonchev–Trinajstić information content (AvgIpc) is 3.21. The van der Waals surface area contributed by atoms with Gasteiger partial charge < -0.3 is 20.7 Å². The van der Waals surface area contributed by atoms with Crippen molar-refractivity contribution in [2.45, 2.75) is 69.6 Å². The minimum Gasteiger partial charge on any atom is -0.373 e. The molecule has 2 heterocycles. The van der Waals surface area contributed by atoms with E-state index in [1.165, 1.54) is 25.7 Å². The van der Waals surface area contributed by atoms with Gasteiger partial charge in [-0.3, -0.25) is 9.79 Å². The van der Waals surface area contributed by atoms with Crippen molar-refractivity contribution in [2.24, 2.45) is 10.9 Å². The van der Waals surface area contributed by atoms with Gasteiger partial charge in [-0.2, -0.15) is 0 Å². The lowest BCUT2D eigenvalue weighted by Crippen LogP contribution is -2.49. The predicted molar refractivity (Wildman–Crippen MR) is 106 cm³/mol. The lowest BCUT2D eigenvalue weighted by molar-refractivity contribution is -0.125. The van der Waals surface area contributed by atoms with Crippen molar-refractivity contribution in [3.8, 4) is 0 Å². The summed E-state index contributed by atoms with van der Waals surface area (Å²) < 4.78 is 5.85. The summed E-state index contributed by atoms with van der Waals surface area (Å²) in [5, 5.41) is 9.78. The zero-order valence-electron chi connectivity index (χ0n) is 14.6. The Hall–Kier alpha value is -0.570. The normalized spacial score (nSPS) is 29.9. The zero-order valence-corrected chi connectivity index (χ0v) is 16.9. The summed E-state index contributed by atoms with van der Waals surface area (Å²) in [6.07, 6.45) is 9.95. The lowest BCUT2D eigenvalue weighted by Gasteiger charge is -2.23. The molecule has 1 aliphatic carbocycles. The molecule has 3 fully saturated rings. The number of nitrogens with zero attached hydrogens (tertiary/aromatic N) is 1. The second-order valence-electron chi connectivity index (χ2n) is 6.99. The Labute approximate surface area is 162 Å². The molecule has 3 atom stereocenters. The molecule has 24 heavy (non-hydrogen) atoms. The quantitative estimate of drug-likeness (QED) is 0.259. The summed E-state index contributed by atoms with van der Waals surface area (Å²) in [6, 6.07) is 0.372. The molecule has 138 valence electrons. The standard InChI is InChI=1S/C17H30N4O2.HI/c1-18-17(21-14-11-13-7-8-15(14)23-13)20-10-9-19-16(22)12-5-3-2-4-6-12;/h12-15H,2-11H2,1H3,(H,19,22)(H2,18,20,21);1H. The molecule has 0 aromatic rings. The number of carbonyl (C=O) groups is 1. The highest BCUT2D eigenvalue weighted by Gasteiger charge is 2.41. The van der Waals surface area contributed by atoms with Crippen LogP contribution in [0.3, 0.4) is 0 Å². The maximum Gasteiger partial charge on any atom is 0.223 e. The Morgan fingerprint density at radius 3 is 2.46 bits per heavy atom. The molecule has 0 spiro atoms. The smallest absolute Gasteiger partial charge is 0.223 e. The van der Waals surface area contributed by atoms with E-state index in [2.05, 4.69) is 20.9 Å². The molecule has 3 rings (SSSR count). The molecule has 0 radical (unpaired) electrons. The molecular formula is C17H31IN4O2. The summed E-state index contributed by atoms with van der Waals surface area (Å²) in [5.41, 5.74) is 0. The number of hydrogen-bond donors (Lipinski definition) is 3. The zero-order chi connectivity index (χ0) is 16.1. The van der Waals surface area contributed by atoms with Gasteiger partial charge in [0.25, 0.3) is 0 Å². The monoisotopic (exact) mass is 450 g/mol. The summed E-state index contributed by atoms with van der Waals surface area (Å²) in [5.74, 6) is 1.25. The van der Waals surface area contributed by atoms with Gasteiger partial charge >= 0.3 is 0 Å². The van der Waals surface area contributed by atoms with Crippen molar-refractivity contribution in [2.75, 3.05) is 20.1 Å². The molecule has 7 heteroatoms. The van der Waals surface area contributed by atoms with Crippen LogP contribution in [0.1, 0.15) is 51.4 Å². The molecule has 3 unspecified atom stereocenters. The van der Waals surface area contributed by atoms with Gasteiger partial charge in [-0.1, -0.05) is 19.3 Å². The van der Waals surface area contributed by atoms with Crippen LogP contribution in [-0.2, 0) is 9.53 Å². The third kappa shape index (κ3) is 5.21. The van der Waals surface area contributed by atoms with Gasteiger partial charge in [0.2, 0.25) is 5.91 Å². The number of fused-ring (bicyclic) bond motifs is 2.